The van der Waals surface area contributed by atoms with Crippen LogP contribution in [0.2, 0.25) is 0 Å². The summed E-state index contributed by atoms with van der Waals surface area (Å²) in [5, 5.41) is 16.7. The van der Waals surface area contributed by atoms with E-state index in [9.17, 15) is 0 Å². The lowest BCUT2D eigenvalue weighted by molar-refractivity contribution is 0.00230. The van der Waals surface area contributed by atoms with Gasteiger partial charge in [0.15, 0.2) is 0 Å². The summed E-state index contributed by atoms with van der Waals surface area (Å²) in [5.41, 5.74) is 0. The van der Waals surface area contributed by atoms with E-state index in [0.717, 1.165) is 0 Å². The number of aliphatic hydroxyl groups excluding tert-OH is 2. The van der Waals surface area contributed by atoms with E-state index in [1.165, 1.54) is 0 Å². The number of ether oxygens (including phenoxy) is 3. The fourth-order valence-electron chi connectivity index (χ4n) is 0.671. The van der Waals surface area contributed by atoms with Gasteiger partial charge in [-0.1, -0.05) is 0 Å². The maximum Gasteiger partial charge on any atom is 0.0701 e. The fraction of sp³-hybridized carbons (Fsp3) is 0.500. The summed E-state index contributed by atoms with van der Waals surface area (Å²) in [7, 11) is 0. The third-order valence-electron chi connectivity index (χ3n) is 1.22. The summed E-state index contributed by atoms with van der Waals surface area (Å²) >= 11 is 0. The molecule has 0 atom stereocenters. The lowest BCUT2D eigenvalue weighted by atomic mass is 10.7. The lowest BCUT2D eigenvalue weighted by Crippen LogP contribution is -2.11. The molecule has 0 aromatic heterocycles. The van der Waals surface area contributed by atoms with Crippen molar-refractivity contribution in [2.24, 2.45) is 0 Å². The van der Waals surface area contributed by atoms with Crippen molar-refractivity contribution < 1.29 is 24.4 Å². The Kier molecular flexibility index (Phi) is 94.4. The highest BCUT2D eigenvalue weighted by Crippen LogP contribution is 1.80. The predicted molar refractivity (Wildman–Crippen MR) is 91.6 cm³/mol. The second-order valence-electron chi connectivity index (χ2n) is 2.28. The minimum atomic E-state index is 0.0413. The minimum Gasteiger partial charge on any atom is -0.394 e. The van der Waals surface area contributed by atoms with Gasteiger partial charge in [-0.15, -0.1) is 52.6 Å². The van der Waals surface area contributed by atoms with Crippen LogP contribution in [0.3, 0.4) is 0 Å². The molecule has 2 N–H and O–H groups in total. The maximum absolute atomic E-state index is 8.36. The van der Waals surface area contributed by atoms with Crippen molar-refractivity contribution in [3.05, 3.63) is 52.6 Å². The number of hydrogen-bond donors (Lipinski definition) is 2. The molecule has 0 bridgehead atoms. The molecule has 21 heavy (non-hydrogen) atoms. The smallest absolute Gasteiger partial charge is 0.0701 e. The van der Waals surface area contributed by atoms with E-state index in [4.69, 9.17) is 24.4 Å². The van der Waals surface area contributed by atoms with E-state index in [2.05, 4.69) is 52.6 Å². The molecular weight excluding hydrogens is 272 g/mol. The van der Waals surface area contributed by atoms with E-state index in [0.29, 0.717) is 39.6 Å². The molecule has 0 aliphatic carbocycles. The highest BCUT2D eigenvalue weighted by atomic mass is 16.5. The third-order valence-corrected chi connectivity index (χ3v) is 1.22. The minimum absolute atomic E-state index is 0.0413. The molecule has 0 rings (SSSR count). The molecule has 0 aliphatic rings. The molecule has 0 saturated carbocycles. The average molecular weight is 306 g/mol. The zero-order valence-electron chi connectivity index (χ0n) is 13.4. The SMILES string of the molecule is C=C.C=C.C=C.C=C.OCCOCCOCCOCCO. The zero-order chi connectivity index (χ0) is 17.8. The Hall–Kier alpha value is -1.24. The Morgan fingerprint density at radius 2 is 0.619 bits per heavy atom. The van der Waals surface area contributed by atoms with Crippen molar-refractivity contribution >= 4 is 0 Å². The zero-order valence-corrected chi connectivity index (χ0v) is 13.4. The van der Waals surface area contributed by atoms with Crippen LogP contribution in [0, 0.1) is 0 Å². The molecule has 0 aromatic rings. The molecule has 0 fully saturated rings. The van der Waals surface area contributed by atoms with E-state index in [1.807, 2.05) is 0 Å². The van der Waals surface area contributed by atoms with Crippen molar-refractivity contribution in [3.63, 3.8) is 0 Å². The standard InChI is InChI=1S/C8H18O5.4C2H4/c9-1-3-11-5-7-13-8-6-12-4-2-10;4*1-2/h9-10H,1-8H2;4*1-2H2. The van der Waals surface area contributed by atoms with Gasteiger partial charge in [0.1, 0.15) is 0 Å². The van der Waals surface area contributed by atoms with E-state index in [1.54, 1.807) is 0 Å². The van der Waals surface area contributed by atoms with Crippen molar-refractivity contribution in [2.75, 3.05) is 52.9 Å². The Labute approximate surface area is 130 Å². The molecule has 128 valence electrons. The Balaban J connectivity index is -0.0000000912. The second-order valence-corrected chi connectivity index (χ2v) is 2.28. The van der Waals surface area contributed by atoms with Crippen LogP contribution < -0.4 is 0 Å². The van der Waals surface area contributed by atoms with Gasteiger partial charge < -0.3 is 24.4 Å². The molecule has 0 spiro atoms. The summed E-state index contributed by atoms with van der Waals surface area (Å²) in [6.07, 6.45) is 0. The number of aliphatic hydroxyl groups is 2. The van der Waals surface area contributed by atoms with Crippen molar-refractivity contribution in [1.82, 2.24) is 0 Å². The van der Waals surface area contributed by atoms with Crippen LogP contribution in [-0.2, 0) is 14.2 Å². The van der Waals surface area contributed by atoms with Crippen LogP contribution in [0.4, 0.5) is 0 Å². The quantitative estimate of drug-likeness (QED) is 0.478. The molecule has 0 amide bonds. The topological polar surface area (TPSA) is 68.2 Å². The monoisotopic (exact) mass is 306 g/mol. The number of rotatable bonds is 10. The molecule has 5 nitrogen and oxygen atoms in total. The van der Waals surface area contributed by atoms with Crippen LogP contribution in [0.1, 0.15) is 0 Å². The second kappa shape index (κ2) is 62.1. The van der Waals surface area contributed by atoms with E-state index < -0.39 is 0 Å². The molecular formula is C16H34O5. The highest BCUT2D eigenvalue weighted by molar-refractivity contribution is 4.33. The first kappa shape index (κ1) is 31.9. The normalized spacial score (nSPS) is 7.33. The predicted octanol–water partition coefficient (Wildman–Crippen LogP) is 2.23. The van der Waals surface area contributed by atoms with Crippen LogP contribution in [0.25, 0.3) is 0 Å². The summed E-state index contributed by atoms with van der Waals surface area (Å²) in [6, 6.07) is 0. The molecule has 0 radical (unpaired) electrons. The molecule has 0 aliphatic heterocycles. The molecule has 0 unspecified atom stereocenters. The summed E-state index contributed by atoms with van der Waals surface area (Å²) in [6.45, 7) is 26.8. The first-order chi connectivity index (χ1) is 10.4. The van der Waals surface area contributed by atoms with Gasteiger partial charge >= 0.3 is 0 Å². The third kappa shape index (κ3) is 68.7. The van der Waals surface area contributed by atoms with Gasteiger partial charge in [0, 0.05) is 0 Å². The summed E-state index contributed by atoms with van der Waals surface area (Å²) < 4.78 is 15.0. The van der Waals surface area contributed by atoms with Crippen LogP contribution in [-0.4, -0.2) is 63.1 Å². The van der Waals surface area contributed by atoms with Crippen LogP contribution in [0.5, 0.6) is 0 Å². The Bertz CT molecular complexity index is 116. The largest absolute Gasteiger partial charge is 0.394 e. The van der Waals surface area contributed by atoms with E-state index in [-0.39, 0.29) is 13.2 Å². The first-order valence-corrected chi connectivity index (χ1v) is 6.36. The molecule has 0 saturated heterocycles. The lowest BCUT2D eigenvalue weighted by Gasteiger charge is -2.04. The van der Waals surface area contributed by atoms with Crippen LogP contribution >= 0.6 is 0 Å². The average Bonchev–Trinajstić information content (AvgIpc) is 2.61. The van der Waals surface area contributed by atoms with Crippen molar-refractivity contribution in [3.8, 4) is 0 Å². The van der Waals surface area contributed by atoms with Gasteiger partial charge in [-0.25, -0.2) is 0 Å². The van der Waals surface area contributed by atoms with Gasteiger partial charge in [0.05, 0.1) is 52.9 Å². The van der Waals surface area contributed by atoms with Crippen molar-refractivity contribution in [2.45, 2.75) is 0 Å². The molecule has 5 heteroatoms. The van der Waals surface area contributed by atoms with Gasteiger partial charge in [-0.05, 0) is 0 Å². The number of hydrogen-bond acceptors (Lipinski definition) is 5. The maximum atomic E-state index is 8.36. The molecule has 0 heterocycles. The highest BCUT2D eigenvalue weighted by Gasteiger charge is 1.89. The van der Waals surface area contributed by atoms with Crippen LogP contribution in [0.15, 0.2) is 52.6 Å². The molecule has 0 aromatic carbocycles. The summed E-state index contributed by atoms with van der Waals surface area (Å²) in [4.78, 5) is 0. The fourth-order valence-corrected chi connectivity index (χ4v) is 0.671. The Morgan fingerprint density at radius 3 is 0.810 bits per heavy atom. The van der Waals surface area contributed by atoms with E-state index >= 15 is 0 Å². The van der Waals surface area contributed by atoms with Gasteiger partial charge in [-0.3, -0.25) is 0 Å². The van der Waals surface area contributed by atoms with Crippen molar-refractivity contribution in [1.29, 1.82) is 0 Å². The summed E-state index contributed by atoms with van der Waals surface area (Å²) in [5.74, 6) is 0. The first-order valence-electron chi connectivity index (χ1n) is 6.36. The van der Waals surface area contributed by atoms with Gasteiger partial charge in [0.2, 0.25) is 0 Å². The van der Waals surface area contributed by atoms with Gasteiger partial charge in [0.25, 0.3) is 0 Å². The van der Waals surface area contributed by atoms with Gasteiger partial charge in [-0.2, -0.15) is 0 Å². The Morgan fingerprint density at radius 1 is 0.429 bits per heavy atom.